The Hall–Kier alpha value is -0.580. The molecule has 0 radical (unpaired) electrons. The number of halogens is 1. The zero-order chi connectivity index (χ0) is 11.0. The quantitative estimate of drug-likeness (QED) is 0.813. The first-order valence-corrected chi connectivity index (χ1v) is 5.55. The van der Waals surface area contributed by atoms with Gasteiger partial charge in [-0.2, -0.15) is 5.10 Å². The van der Waals surface area contributed by atoms with Gasteiger partial charge in [-0.25, -0.2) is 0 Å². The first-order valence-electron chi connectivity index (χ1n) is 5.17. The Labute approximate surface area is 94.2 Å². The summed E-state index contributed by atoms with van der Waals surface area (Å²) in [6.45, 7) is 2.62. The average Bonchev–Trinajstić information content (AvgIpc) is 2.36. The Bertz CT molecular complexity index is 358. The van der Waals surface area contributed by atoms with E-state index in [9.17, 15) is 0 Å². The van der Waals surface area contributed by atoms with Gasteiger partial charge in [0.1, 0.15) is 0 Å². The highest BCUT2D eigenvalue weighted by Gasteiger charge is 2.26. The minimum Gasteiger partial charge on any atom is -0.393 e. The van der Waals surface area contributed by atoms with Crippen LogP contribution in [-0.4, -0.2) is 27.0 Å². The monoisotopic (exact) mass is 229 g/mol. The number of aliphatic hydroxyl groups excluding tert-OH is 1. The molecular weight excluding hydrogens is 214 g/mol. The van der Waals surface area contributed by atoms with E-state index in [0.29, 0.717) is 12.6 Å². The molecule has 0 spiro atoms. The molecular formula is C10H16ClN3O. The van der Waals surface area contributed by atoms with Crippen LogP contribution >= 0.6 is 11.6 Å². The number of rotatable bonds is 3. The van der Waals surface area contributed by atoms with Crippen molar-refractivity contribution in [3.05, 3.63) is 16.4 Å². The Balaban J connectivity index is 1.93. The van der Waals surface area contributed by atoms with E-state index in [2.05, 4.69) is 10.4 Å². The van der Waals surface area contributed by atoms with Gasteiger partial charge in [0, 0.05) is 19.6 Å². The summed E-state index contributed by atoms with van der Waals surface area (Å²) >= 11 is 6.11. The normalized spacial score (nSPS) is 25.3. The number of hydrogen-bond donors (Lipinski definition) is 2. The number of hydrogen-bond acceptors (Lipinski definition) is 3. The highest BCUT2D eigenvalue weighted by Crippen LogP contribution is 2.22. The van der Waals surface area contributed by atoms with Gasteiger partial charge in [0.25, 0.3) is 0 Å². The van der Waals surface area contributed by atoms with Crippen molar-refractivity contribution in [2.24, 2.45) is 7.05 Å². The molecule has 0 bridgehead atoms. The van der Waals surface area contributed by atoms with E-state index in [4.69, 9.17) is 16.7 Å². The standard InChI is InChI=1S/C10H16ClN3O/c1-6-10(11)9(14(2)13-6)5-12-7-3-8(15)4-7/h7-8,12,15H,3-5H2,1-2H3. The highest BCUT2D eigenvalue weighted by molar-refractivity contribution is 6.31. The van der Waals surface area contributed by atoms with Crippen LogP contribution in [0.15, 0.2) is 0 Å². The Morgan fingerprint density at radius 1 is 1.60 bits per heavy atom. The summed E-state index contributed by atoms with van der Waals surface area (Å²) in [5, 5.41) is 17.5. The lowest BCUT2D eigenvalue weighted by molar-refractivity contribution is 0.0617. The third-order valence-corrected chi connectivity index (χ3v) is 3.42. The van der Waals surface area contributed by atoms with Crippen molar-refractivity contribution < 1.29 is 5.11 Å². The van der Waals surface area contributed by atoms with E-state index in [0.717, 1.165) is 29.3 Å². The molecule has 2 rings (SSSR count). The van der Waals surface area contributed by atoms with Crippen LogP contribution in [-0.2, 0) is 13.6 Å². The predicted molar refractivity (Wildman–Crippen MR) is 58.8 cm³/mol. The fourth-order valence-corrected chi connectivity index (χ4v) is 2.09. The lowest BCUT2D eigenvalue weighted by Gasteiger charge is -2.32. The van der Waals surface area contributed by atoms with E-state index in [1.165, 1.54) is 0 Å². The molecule has 84 valence electrons. The van der Waals surface area contributed by atoms with E-state index >= 15 is 0 Å². The van der Waals surface area contributed by atoms with E-state index in [1.807, 2.05) is 14.0 Å². The van der Waals surface area contributed by atoms with E-state index in [1.54, 1.807) is 4.68 Å². The molecule has 1 aromatic rings. The number of nitrogens with zero attached hydrogens (tertiary/aromatic N) is 2. The molecule has 0 atom stereocenters. The molecule has 1 aliphatic carbocycles. The Morgan fingerprint density at radius 2 is 2.27 bits per heavy atom. The molecule has 0 unspecified atom stereocenters. The number of aromatic nitrogens is 2. The third kappa shape index (κ3) is 2.17. The summed E-state index contributed by atoms with van der Waals surface area (Å²) in [5.41, 5.74) is 1.88. The minimum absolute atomic E-state index is 0.119. The molecule has 15 heavy (non-hydrogen) atoms. The third-order valence-electron chi connectivity index (χ3n) is 2.93. The minimum atomic E-state index is -0.119. The molecule has 1 aliphatic rings. The zero-order valence-electron chi connectivity index (χ0n) is 9.00. The number of aliphatic hydroxyl groups is 1. The molecule has 2 N–H and O–H groups in total. The van der Waals surface area contributed by atoms with Crippen molar-refractivity contribution in [2.75, 3.05) is 0 Å². The van der Waals surface area contributed by atoms with Crippen LogP contribution in [0.2, 0.25) is 5.02 Å². The molecule has 0 aliphatic heterocycles. The molecule has 0 saturated heterocycles. The van der Waals surface area contributed by atoms with Gasteiger partial charge in [-0.1, -0.05) is 11.6 Å². The largest absolute Gasteiger partial charge is 0.393 e. The number of nitrogens with one attached hydrogen (secondary N) is 1. The van der Waals surface area contributed by atoms with Crippen LogP contribution in [0.25, 0.3) is 0 Å². The summed E-state index contributed by atoms with van der Waals surface area (Å²) in [4.78, 5) is 0. The van der Waals surface area contributed by atoms with Crippen LogP contribution in [0.5, 0.6) is 0 Å². The SMILES string of the molecule is Cc1nn(C)c(CNC2CC(O)C2)c1Cl. The lowest BCUT2D eigenvalue weighted by atomic mass is 9.89. The van der Waals surface area contributed by atoms with Gasteiger partial charge in [-0.15, -0.1) is 0 Å². The van der Waals surface area contributed by atoms with Gasteiger partial charge in [0.2, 0.25) is 0 Å². The fourth-order valence-electron chi connectivity index (χ4n) is 1.87. The molecule has 1 fully saturated rings. The maximum absolute atomic E-state index is 9.15. The van der Waals surface area contributed by atoms with Crippen molar-refractivity contribution in [3.63, 3.8) is 0 Å². The second kappa shape index (κ2) is 4.12. The Kier molecular flexibility index (Phi) is 3.00. The van der Waals surface area contributed by atoms with Crippen LogP contribution in [0.3, 0.4) is 0 Å². The summed E-state index contributed by atoms with van der Waals surface area (Å²) in [5.74, 6) is 0. The van der Waals surface area contributed by atoms with Crippen LogP contribution in [0.4, 0.5) is 0 Å². The van der Waals surface area contributed by atoms with Crippen LogP contribution in [0, 0.1) is 6.92 Å². The predicted octanol–water partition coefficient (Wildman–Crippen LogP) is 0.995. The van der Waals surface area contributed by atoms with Gasteiger partial charge >= 0.3 is 0 Å². The molecule has 5 heteroatoms. The summed E-state index contributed by atoms with van der Waals surface area (Å²) in [6.07, 6.45) is 1.56. The summed E-state index contributed by atoms with van der Waals surface area (Å²) in [6, 6.07) is 0.422. The topological polar surface area (TPSA) is 50.1 Å². The lowest BCUT2D eigenvalue weighted by Crippen LogP contribution is -2.43. The second-order valence-corrected chi connectivity index (χ2v) is 4.55. The van der Waals surface area contributed by atoms with Gasteiger partial charge in [-0.05, 0) is 19.8 Å². The maximum atomic E-state index is 9.15. The van der Waals surface area contributed by atoms with Crippen molar-refractivity contribution in [2.45, 2.75) is 38.5 Å². The average molecular weight is 230 g/mol. The highest BCUT2D eigenvalue weighted by atomic mass is 35.5. The first kappa shape index (κ1) is 10.9. The van der Waals surface area contributed by atoms with E-state index in [-0.39, 0.29) is 6.10 Å². The van der Waals surface area contributed by atoms with Crippen LogP contribution < -0.4 is 5.32 Å². The van der Waals surface area contributed by atoms with Crippen LogP contribution in [0.1, 0.15) is 24.2 Å². The molecule has 1 heterocycles. The van der Waals surface area contributed by atoms with Crippen molar-refractivity contribution in [1.29, 1.82) is 0 Å². The van der Waals surface area contributed by atoms with Crippen molar-refractivity contribution >= 4 is 11.6 Å². The molecule has 0 amide bonds. The van der Waals surface area contributed by atoms with Gasteiger partial charge in [0.15, 0.2) is 0 Å². The molecule has 1 saturated carbocycles. The van der Waals surface area contributed by atoms with Crippen molar-refractivity contribution in [1.82, 2.24) is 15.1 Å². The summed E-state index contributed by atoms with van der Waals surface area (Å²) < 4.78 is 1.81. The van der Waals surface area contributed by atoms with Gasteiger partial charge in [0.05, 0.1) is 22.5 Å². The Morgan fingerprint density at radius 3 is 2.73 bits per heavy atom. The summed E-state index contributed by atoms with van der Waals surface area (Å²) in [7, 11) is 1.89. The second-order valence-electron chi connectivity index (χ2n) is 4.17. The van der Waals surface area contributed by atoms with E-state index < -0.39 is 0 Å². The zero-order valence-corrected chi connectivity index (χ0v) is 9.75. The van der Waals surface area contributed by atoms with Crippen molar-refractivity contribution in [3.8, 4) is 0 Å². The smallest absolute Gasteiger partial charge is 0.0860 e. The molecule has 1 aromatic heterocycles. The number of aryl methyl sites for hydroxylation is 2. The first-order chi connectivity index (χ1) is 7.08. The fraction of sp³-hybridized carbons (Fsp3) is 0.700. The molecule has 4 nitrogen and oxygen atoms in total. The molecule has 0 aromatic carbocycles. The maximum Gasteiger partial charge on any atom is 0.0860 e. The van der Waals surface area contributed by atoms with Gasteiger partial charge in [-0.3, -0.25) is 4.68 Å². The van der Waals surface area contributed by atoms with Gasteiger partial charge < -0.3 is 10.4 Å².